The van der Waals surface area contributed by atoms with E-state index >= 15 is 0 Å². The highest BCUT2D eigenvalue weighted by atomic mass is 16.5. The first-order chi connectivity index (χ1) is 9.62. The summed E-state index contributed by atoms with van der Waals surface area (Å²) >= 11 is 0. The highest BCUT2D eigenvalue weighted by molar-refractivity contribution is 5.77. The fourth-order valence-corrected chi connectivity index (χ4v) is 1.89. The van der Waals surface area contributed by atoms with Gasteiger partial charge in [-0.05, 0) is 32.4 Å². The molecule has 20 heavy (non-hydrogen) atoms. The maximum atomic E-state index is 11.2. The number of carbonyl (C=O) groups is 1. The summed E-state index contributed by atoms with van der Waals surface area (Å²) in [6.07, 6.45) is 1.38. The van der Waals surface area contributed by atoms with Gasteiger partial charge in [0.05, 0.1) is 13.2 Å². The molecule has 1 aromatic rings. The Kier molecular flexibility index (Phi) is 6.70. The van der Waals surface area contributed by atoms with E-state index in [9.17, 15) is 4.79 Å². The predicted octanol–water partition coefficient (Wildman–Crippen LogP) is 3.15. The Bertz CT molecular complexity index is 434. The van der Waals surface area contributed by atoms with E-state index in [1.54, 1.807) is 18.2 Å². The van der Waals surface area contributed by atoms with Crippen molar-refractivity contribution in [2.24, 2.45) is 0 Å². The van der Waals surface area contributed by atoms with Crippen LogP contribution in [0.4, 0.5) is 5.69 Å². The topological polar surface area (TPSA) is 67.8 Å². The first kappa shape index (κ1) is 16.1. The maximum Gasteiger partial charge on any atom is 0.326 e. The Hall–Kier alpha value is -1.91. The van der Waals surface area contributed by atoms with Crippen LogP contribution in [0.2, 0.25) is 0 Å². The van der Waals surface area contributed by atoms with Crippen molar-refractivity contribution in [3.63, 3.8) is 0 Å². The number of nitrogens with one attached hydrogen (secondary N) is 1. The van der Waals surface area contributed by atoms with E-state index in [0.29, 0.717) is 31.1 Å². The number of carboxylic acid groups (broad SMARTS) is 1. The molecule has 0 radical (unpaired) electrons. The number of benzene rings is 1. The molecule has 0 saturated heterocycles. The van der Waals surface area contributed by atoms with E-state index in [2.05, 4.69) is 5.32 Å². The molecular weight excluding hydrogens is 258 g/mol. The first-order valence-corrected chi connectivity index (χ1v) is 7.01. The van der Waals surface area contributed by atoms with Crippen molar-refractivity contribution >= 4 is 11.7 Å². The summed E-state index contributed by atoms with van der Waals surface area (Å²) in [5.41, 5.74) is 0.720. The van der Waals surface area contributed by atoms with Crippen molar-refractivity contribution in [3.05, 3.63) is 18.2 Å². The molecule has 0 aliphatic carbocycles. The van der Waals surface area contributed by atoms with Gasteiger partial charge in [0, 0.05) is 11.8 Å². The molecule has 0 heterocycles. The van der Waals surface area contributed by atoms with Crippen molar-refractivity contribution < 1.29 is 19.4 Å². The van der Waals surface area contributed by atoms with Crippen LogP contribution in [-0.4, -0.2) is 30.3 Å². The average molecular weight is 281 g/mol. The van der Waals surface area contributed by atoms with E-state index in [0.717, 1.165) is 12.1 Å². The molecule has 0 amide bonds. The fraction of sp³-hybridized carbons (Fsp3) is 0.533. The van der Waals surface area contributed by atoms with Gasteiger partial charge in [0.2, 0.25) is 0 Å². The van der Waals surface area contributed by atoms with Crippen LogP contribution in [0.25, 0.3) is 0 Å². The monoisotopic (exact) mass is 281 g/mol. The van der Waals surface area contributed by atoms with Crippen LogP contribution in [0.1, 0.15) is 33.6 Å². The minimum Gasteiger partial charge on any atom is -0.490 e. The number of rotatable bonds is 9. The Morgan fingerprint density at radius 3 is 2.40 bits per heavy atom. The second kappa shape index (κ2) is 8.30. The van der Waals surface area contributed by atoms with Gasteiger partial charge in [-0.25, -0.2) is 4.79 Å². The van der Waals surface area contributed by atoms with E-state index in [-0.39, 0.29) is 0 Å². The van der Waals surface area contributed by atoms with E-state index < -0.39 is 12.0 Å². The van der Waals surface area contributed by atoms with Gasteiger partial charge in [0.25, 0.3) is 0 Å². The summed E-state index contributed by atoms with van der Waals surface area (Å²) in [7, 11) is 0. The van der Waals surface area contributed by atoms with Crippen molar-refractivity contribution in [2.45, 2.75) is 39.7 Å². The fourth-order valence-electron chi connectivity index (χ4n) is 1.89. The quantitative estimate of drug-likeness (QED) is 0.727. The van der Waals surface area contributed by atoms with Crippen molar-refractivity contribution in [3.8, 4) is 11.5 Å². The van der Waals surface area contributed by atoms with Crippen LogP contribution in [0.5, 0.6) is 11.5 Å². The zero-order chi connectivity index (χ0) is 15.0. The Morgan fingerprint density at radius 1 is 1.20 bits per heavy atom. The Morgan fingerprint density at radius 2 is 1.85 bits per heavy atom. The molecule has 112 valence electrons. The molecule has 1 aromatic carbocycles. The van der Waals surface area contributed by atoms with Gasteiger partial charge >= 0.3 is 5.97 Å². The summed E-state index contributed by atoms with van der Waals surface area (Å²) in [6.45, 7) is 6.85. The predicted molar refractivity (Wildman–Crippen MR) is 78.7 cm³/mol. The summed E-state index contributed by atoms with van der Waals surface area (Å²) in [5, 5.41) is 12.2. The van der Waals surface area contributed by atoms with E-state index in [1.165, 1.54) is 0 Å². The molecule has 5 nitrogen and oxygen atoms in total. The van der Waals surface area contributed by atoms with Gasteiger partial charge in [0.1, 0.15) is 6.04 Å². The van der Waals surface area contributed by atoms with Crippen LogP contribution < -0.4 is 14.8 Å². The number of aliphatic carboxylic acids is 1. The molecule has 0 aliphatic heterocycles. The molecule has 5 heteroatoms. The number of carboxylic acids is 1. The number of ether oxygens (including phenoxy) is 2. The van der Waals surface area contributed by atoms with Gasteiger partial charge in [-0.3, -0.25) is 0 Å². The van der Waals surface area contributed by atoms with Gasteiger partial charge in [-0.15, -0.1) is 0 Å². The molecule has 0 fully saturated rings. The van der Waals surface area contributed by atoms with Crippen LogP contribution in [0.15, 0.2) is 18.2 Å². The molecule has 2 N–H and O–H groups in total. The van der Waals surface area contributed by atoms with E-state index in [4.69, 9.17) is 14.6 Å². The smallest absolute Gasteiger partial charge is 0.326 e. The molecular formula is C15H23NO4. The van der Waals surface area contributed by atoms with Crippen LogP contribution in [0, 0.1) is 0 Å². The lowest BCUT2D eigenvalue weighted by molar-refractivity contribution is -0.138. The third-order valence-corrected chi connectivity index (χ3v) is 2.76. The van der Waals surface area contributed by atoms with Gasteiger partial charge in [0.15, 0.2) is 11.5 Å². The van der Waals surface area contributed by atoms with Gasteiger partial charge in [-0.1, -0.05) is 13.3 Å². The molecule has 0 spiro atoms. The van der Waals surface area contributed by atoms with Crippen LogP contribution in [-0.2, 0) is 4.79 Å². The van der Waals surface area contributed by atoms with Crippen molar-refractivity contribution in [2.75, 3.05) is 18.5 Å². The van der Waals surface area contributed by atoms with Crippen molar-refractivity contribution in [1.29, 1.82) is 0 Å². The zero-order valence-corrected chi connectivity index (χ0v) is 12.3. The minimum atomic E-state index is -0.848. The molecule has 1 rings (SSSR count). The second-order valence-corrected chi connectivity index (χ2v) is 4.35. The standard InChI is InChI=1S/C15H23NO4/c1-4-7-12(15(17)18)16-11-8-9-13(19-5-2)14(10-11)20-6-3/h8-10,12,16H,4-7H2,1-3H3,(H,17,18). The highest BCUT2D eigenvalue weighted by Gasteiger charge is 2.16. The summed E-state index contributed by atoms with van der Waals surface area (Å²) in [5.74, 6) is 0.445. The SMILES string of the molecule is CCCC(Nc1ccc(OCC)c(OCC)c1)C(=O)O. The summed E-state index contributed by atoms with van der Waals surface area (Å²) < 4.78 is 11.0. The third-order valence-electron chi connectivity index (χ3n) is 2.76. The van der Waals surface area contributed by atoms with Crippen molar-refractivity contribution in [1.82, 2.24) is 0 Å². The number of hydrogen-bond acceptors (Lipinski definition) is 4. The molecule has 0 saturated carbocycles. The summed E-state index contributed by atoms with van der Waals surface area (Å²) in [4.78, 5) is 11.2. The lowest BCUT2D eigenvalue weighted by Crippen LogP contribution is -2.28. The largest absolute Gasteiger partial charge is 0.490 e. The highest BCUT2D eigenvalue weighted by Crippen LogP contribution is 2.31. The minimum absolute atomic E-state index is 0.529. The zero-order valence-electron chi connectivity index (χ0n) is 12.3. The normalized spacial score (nSPS) is 11.8. The van der Waals surface area contributed by atoms with Crippen LogP contribution >= 0.6 is 0 Å². The van der Waals surface area contributed by atoms with Gasteiger partial charge < -0.3 is 19.9 Å². The van der Waals surface area contributed by atoms with Crippen LogP contribution in [0.3, 0.4) is 0 Å². The second-order valence-electron chi connectivity index (χ2n) is 4.35. The number of hydrogen-bond donors (Lipinski definition) is 2. The maximum absolute atomic E-state index is 11.2. The summed E-state index contributed by atoms with van der Waals surface area (Å²) in [6, 6.07) is 4.79. The Labute approximate surface area is 119 Å². The first-order valence-electron chi connectivity index (χ1n) is 7.01. The molecule has 1 atom stereocenters. The molecule has 1 unspecified atom stereocenters. The lowest BCUT2D eigenvalue weighted by atomic mass is 10.1. The third kappa shape index (κ3) is 4.64. The molecule has 0 aliphatic rings. The van der Waals surface area contributed by atoms with E-state index in [1.807, 2.05) is 20.8 Å². The van der Waals surface area contributed by atoms with Gasteiger partial charge in [-0.2, -0.15) is 0 Å². The number of anilines is 1. The Balaban J connectivity index is 2.89. The molecule has 0 bridgehead atoms. The molecule has 0 aromatic heterocycles. The average Bonchev–Trinajstić information content (AvgIpc) is 2.41. The lowest BCUT2D eigenvalue weighted by Gasteiger charge is -2.17.